The highest BCUT2D eigenvalue weighted by Crippen LogP contribution is 2.55. The van der Waals surface area contributed by atoms with Gasteiger partial charge >= 0.3 is 5.69 Å². The van der Waals surface area contributed by atoms with Gasteiger partial charge in [-0.1, -0.05) is 0 Å². The molecule has 1 heterocycles. The van der Waals surface area contributed by atoms with Crippen LogP contribution in [0.25, 0.3) is 0 Å². The van der Waals surface area contributed by atoms with Crippen molar-refractivity contribution >= 4 is 0 Å². The van der Waals surface area contributed by atoms with Crippen LogP contribution in [0.15, 0.2) is 15.8 Å². The van der Waals surface area contributed by atoms with Gasteiger partial charge < -0.3 is 5.11 Å². The first-order valence-electron chi connectivity index (χ1n) is 5.17. The number of aryl methyl sites for hydroxylation is 1. The lowest BCUT2D eigenvalue weighted by atomic mass is 10.3. The summed E-state index contributed by atoms with van der Waals surface area (Å²) in [5, 5.41) is 8.73. The number of aromatic nitrogens is 2. The topological polar surface area (TPSA) is 75.1 Å². The summed E-state index contributed by atoms with van der Waals surface area (Å²) in [7, 11) is 0. The second kappa shape index (κ2) is 3.76. The second-order valence-electron chi connectivity index (χ2n) is 4.29. The molecule has 7 heteroatoms. The minimum atomic E-state index is -2.93. The van der Waals surface area contributed by atoms with Crippen LogP contribution in [0.3, 0.4) is 0 Å². The first kappa shape index (κ1) is 12.0. The Morgan fingerprint density at radius 3 is 2.65 bits per heavy atom. The van der Waals surface area contributed by atoms with Crippen molar-refractivity contribution in [2.24, 2.45) is 11.8 Å². The summed E-state index contributed by atoms with van der Waals surface area (Å²) in [4.78, 5) is 24.5. The van der Waals surface area contributed by atoms with Crippen molar-refractivity contribution in [2.45, 2.75) is 19.4 Å². The van der Waals surface area contributed by atoms with E-state index < -0.39 is 35.6 Å². The number of H-pyrrole nitrogens is 1. The van der Waals surface area contributed by atoms with E-state index in [2.05, 4.69) is 0 Å². The van der Waals surface area contributed by atoms with Crippen molar-refractivity contribution in [3.05, 3.63) is 32.6 Å². The Labute approximate surface area is 94.7 Å². The molecule has 1 aromatic rings. The van der Waals surface area contributed by atoms with Crippen LogP contribution >= 0.6 is 0 Å². The zero-order valence-corrected chi connectivity index (χ0v) is 9.11. The quantitative estimate of drug-likeness (QED) is 0.770. The predicted octanol–water partition coefficient (Wildman–Crippen LogP) is -0.281. The van der Waals surface area contributed by atoms with Gasteiger partial charge in [-0.3, -0.25) is 14.3 Å². The van der Waals surface area contributed by atoms with Crippen molar-refractivity contribution in [1.82, 2.24) is 9.55 Å². The van der Waals surface area contributed by atoms with Gasteiger partial charge in [-0.05, 0) is 6.92 Å². The van der Waals surface area contributed by atoms with Crippen LogP contribution in [0.5, 0.6) is 0 Å². The van der Waals surface area contributed by atoms with Crippen LogP contribution in [-0.4, -0.2) is 27.2 Å². The number of aliphatic hydroxyl groups excluding tert-OH is 1. The Kier molecular flexibility index (Phi) is 2.65. The summed E-state index contributed by atoms with van der Waals surface area (Å²) < 4.78 is 27.3. The van der Waals surface area contributed by atoms with Crippen molar-refractivity contribution in [3.63, 3.8) is 0 Å². The standard InChI is InChI=1S/C10H12F2N2O3/c1-5-2-14(9(17)13-8(5)16)3-6-7(4-15)10(6,11)12/h2,6-7,15H,3-4H2,1H3,(H,13,16,17)/t6-,7+/m0/s1. The lowest BCUT2D eigenvalue weighted by molar-refractivity contribution is 0.0701. The largest absolute Gasteiger partial charge is 0.396 e. The molecule has 0 spiro atoms. The molecule has 2 atom stereocenters. The van der Waals surface area contributed by atoms with Crippen molar-refractivity contribution in [1.29, 1.82) is 0 Å². The molecule has 2 rings (SSSR count). The van der Waals surface area contributed by atoms with Crippen molar-refractivity contribution in [3.8, 4) is 0 Å². The van der Waals surface area contributed by atoms with Crippen LogP contribution < -0.4 is 11.2 Å². The van der Waals surface area contributed by atoms with E-state index in [4.69, 9.17) is 5.11 Å². The minimum Gasteiger partial charge on any atom is -0.396 e. The highest BCUT2D eigenvalue weighted by molar-refractivity contribution is 5.07. The lowest BCUT2D eigenvalue weighted by Gasteiger charge is -2.04. The summed E-state index contributed by atoms with van der Waals surface area (Å²) in [6.45, 7) is 0.687. The van der Waals surface area contributed by atoms with Gasteiger partial charge in [-0.25, -0.2) is 13.6 Å². The summed E-state index contributed by atoms with van der Waals surface area (Å²) in [5.74, 6) is -5.07. The highest BCUT2D eigenvalue weighted by atomic mass is 19.3. The van der Waals surface area contributed by atoms with Gasteiger partial charge in [0, 0.05) is 18.3 Å². The first-order valence-corrected chi connectivity index (χ1v) is 5.17. The molecule has 1 fully saturated rings. The number of rotatable bonds is 3. The molecule has 1 aromatic heterocycles. The number of hydrogen-bond donors (Lipinski definition) is 2. The molecule has 5 nitrogen and oxygen atoms in total. The monoisotopic (exact) mass is 246 g/mol. The van der Waals surface area contributed by atoms with E-state index >= 15 is 0 Å². The van der Waals surface area contributed by atoms with E-state index in [9.17, 15) is 18.4 Å². The zero-order chi connectivity index (χ0) is 12.8. The normalized spacial score (nSPS) is 25.9. The Morgan fingerprint density at radius 1 is 1.47 bits per heavy atom. The fourth-order valence-corrected chi connectivity index (χ4v) is 1.92. The number of hydrogen-bond acceptors (Lipinski definition) is 3. The van der Waals surface area contributed by atoms with Crippen LogP contribution in [-0.2, 0) is 6.54 Å². The van der Waals surface area contributed by atoms with Gasteiger partial charge in [-0.2, -0.15) is 0 Å². The van der Waals surface area contributed by atoms with Gasteiger partial charge in [0.2, 0.25) is 0 Å². The van der Waals surface area contributed by atoms with Crippen molar-refractivity contribution in [2.75, 3.05) is 6.61 Å². The molecule has 0 aliphatic heterocycles. The van der Waals surface area contributed by atoms with Crippen LogP contribution in [0, 0.1) is 18.8 Å². The van der Waals surface area contributed by atoms with E-state index in [-0.39, 0.29) is 12.1 Å². The summed E-state index contributed by atoms with van der Waals surface area (Å²) in [5.41, 5.74) is -0.943. The molecule has 1 aliphatic carbocycles. The average Bonchev–Trinajstić information content (AvgIpc) is 2.76. The van der Waals surface area contributed by atoms with Gasteiger partial charge in [0.25, 0.3) is 11.5 Å². The number of alkyl halides is 2. The molecule has 0 aromatic carbocycles. The number of aromatic amines is 1. The van der Waals surface area contributed by atoms with Gasteiger partial charge in [0.1, 0.15) is 0 Å². The predicted molar refractivity (Wildman–Crippen MR) is 55.1 cm³/mol. The van der Waals surface area contributed by atoms with Crippen LogP contribution in [0.4, 0.5) is 8.78 Å². The van der Waals surface area contributed by atoms with Gasteiger partial charge in [0.05, 0.1) is 18.4 Å². The van der Waals surface area contributed by atoms with Crippen LogP contribution in [0.2, 0.25) is 0 Å². The van der Waals surface area contributed by atoms with Crippen LogP contribution in [0.1, 0.15) is 5.56 Å². The van der Waals surface area contributed by atoms with E-state index in [1.165, 1.54) is 13.1 Å². The molecule has 1 aliphatic rings. The van der Waals surface area contributed by atoms with Gasteiger partial charge in [0.15, 0.2) is 0 Å². The fourth-order valence-electron chi connectivity index (χ4n) is 1.92. The number of nitrogens with one attached hydrogen (secondary N) is 1. The Bertz CT molecular complexity index is 549. The Balaban J connectivity index is 2.24. The average molecular weight is 246 g/mol. The molecular formula is C10H12F2N2O3. The lowest BCUT2D eigenvalue weighted by Crippen LogP contribution is -2.31. The van der Waals surface area contributed by atoms with Crippen molar-refractivity contribution < 1.29 is 13.9 Å². The first-order chi connectivity index (χ1) is 7.87. The molecule has 0 amide bonds. The minimum absolute atomic E-state index is 0.200. The Morgan fingerprint density at radius 2 is 2.12 bits per heavy atom. The SMILES string of the molecule is Cc1cn(C[C@H]2[C@@H](CO)C2(F)F)c(=O)[nH]c1=O. The molecule has 0 bridgehead atoms. The second-order valence-corrected chi connectivity index (χ2v) is 4.29. The van der Waals surface area contributed by atoms with Gasteiger partial charge in [-0.15, -0.1) is 0 Å². The van der Waals surface area contributed by atoms with E-state index in [0.717, 1.165) is 4.57 Å². The van der Waals surface area contributed by atoms with E-state index in [1.54, 1.807) is 0 Å². The summed E-state index contributed by atoms with van der Waals surface area (Å²) in [6.07, 6.45) is 1.25. The Hall–Kier alpha value is -1.50. The maximum Gasteiger partial charge on any atom is 0.328 e. The summed E-state index contributed by atoms with van der Waals surface area (Å²) >= 11 is 0. The molecular weight excluding hydrogens is 234 g/mol. The molecule has 1 saturated carbocycles. The number of aliphatic hydroxyl groups is 1. The molecule has 94 valence electrons. The highest BCUT2D eigenvalue weighted by Gasteiger charge is 2.67. The number of nitrogens with zero attached hydrogens (tertiary/aromatic N) is 1. The fraction of sp³-hybridized carbons (Fsp3) is 0.600. The molecule has 0 radical (unpaired) electrons. The zero-order valence-electron chi connectivity index (χ0n) is 9.11. The van der Waals surface area contributed by atoms with E-state index in [0.29, 0.717) is 0 Å². The summed E-state index contributed by atoms with van der Waals surface area (Å²) in [6, 6.07) is 0. The molecule has 0 unspecified atom stereocenters. The third-order valence-electron chi connectivity index (χ3n) is 3.14. The third kappa shape index (κ3) is 1.90. The maximum absolute atomic E-state index is 13.1. The smallest absolute Gasteiger partial charge is 0.328 e. The molecule has 0 saturated heterocycles. The molecule has 2 N–H and O–H groups in total. The number of halogens is 2. The maximum atomic E-state index is 13.1. The third-order valence-corrected chi connectivity index (χ3v) is 3.14. The molecule has 17 heavy (non-hydrogen) atoms. The van der Waals surface area contributed by atoms with E-state index in [1.807, 2.05) is 4.98 Å².